The first-order valence-corrected chi connectivity index (χ1v) is 12.8. The van der Waals surface area contributed by atoms with Crippen LogP contribution in [0.15, 0.2) is 18.2 Å². The van der Waals surface area contributed by atoms with Gasteiger partial charge >= 0.3 is 121 Å². The first kappa shape index (κ1) is 23.2. The van der Waals surface area contributed by atoms with E-state index in [-0.39, 0.29) is 4.71 Å². The molecule has 1 aromatic rings. The van der Waals surface area contributed by atoms with Crippen LogP contribution in [-0.2, 0) is 18.0 Å². The van der Waals surface area contributed by atoms with Crippen molar-refractivity contribution in [3.63, 3.8) is 0 Å². The number of alkyl halides is 3. The van der Waals surface area contributed by atoms with Crippen molar-refractivity contribution in [2.75, 3.05) is 20.2 Å². The molecule has 1 unspecified atom stereocenters. The van der Waals surface area contributed by atoms with Crippen molar-refractivity contribution >= 4 is 28.3 Å². The second-order valence-corrected chi connectivity index (χ2v) is 12.8. The van der Waals surface area contributed by atoms with Crippen LogP contribution in [0.25, 0.3) is 0 Å². The van der Waals surface area contributed by atoms with E-state index < -0.39 is 29.5 Å². The maximum absolute atomic E-state index is 12.7. The number of halogens is 3. The van der Waals surface area contributed by atoms with Gasteiger partial charge in [-0.25, -0.2) is 0 Å². The molecule has 1 aromatic carbocycles. The molecule has 26 heavy (non-hydrogen) atoms. The summed E-state index contributed by atoms with van der Waals surface area (Å²) in [6.45, 7) is 5.68. The number of piperidine rings is 1. The van der Waals surface area contributed by atoms with Crippen molar-refractivity contribution in [2.24, 2.45) is 0 Å². The molecule has 2 rings (SSSR count). The van der Waals surface area contributed by atoms with Gasteiger partial charge in [-0.15, -0.1) is 0 Å². The SMILES string of the molecule is COS(=O)(=O)C(F)(F)F.Cc1cccc([As](=O)(O)C2CCNCC2)c1C. The molecule has 2 N–H and O–H groups in total. The Kier molecular flexibility index (Phi) is 7.98. The van der Waals surface area contributed by atoms with Gasteiger partial charge in [-0.3, -0.25) is 4.18 Å². The molecule has 1 atom stereocenters. The van der Waals surface area contributed by atoms with Crippen molar-refractivity contribution in [1.29, 1.82) is 0 Å². The number of hydrogen-bond acceptors (Lipinski definition) is 5. The monoisotopic (exact) mass is 461 g/mol. The summed E-state index contributed by atoms with van der Waals surface area (Å²) in [5.74, 6) is 0. The summed E-state index contributed by atoms with van der Waals surface area (Å²) in [6, 6.07) is 5.73. The average molecular weight is 461 g/mol. The summed E-state index contributed by atoms with van der Waals surface area (Å²) in [5.41, 5.74) is -3.20. The van der Waals surface area contributed by atoms with Crippen molar-refractivity contribution in [3.05, 3.63) is 29.3 Å². The van der Waals surface area contributed by atoms with Gasteiger partial charge in [0.15, 0.2) is 0 Å². The van der Waals surface area contributed by atoms with Gasteiger partial charge < -0.3 is 0 Å². The zero-order valence-corrected chi connectivity index (χ0v) is 17.4. The number of nitrogens with one attached hydrogen (secondary N) is 1. The zero-order chi connectivity index (χ0) is 20.2. The van der Waals surface area contributed by atoms with E-state index in [4.69, 9.17) is 0 Å². The quantitative estimate of drug-likeness (QED) is 0.404. The molecule has 0 aromatic heterocycles. The molecule has 1 fully saturated rings. The molecule has 1 saturated heterocycles. The van der Waals surface area contributed by atoms with Gasteiger partial charge in [0, 0.05) is 0 Å². The third-order valence-electron chi connectivity index (χ3n) is 4.23. The van der Waals surface area contributed by atoms with E-state index in [0.717, 1.165) is 41.4 Å². The Morgan fingerprint density at radius 3 is 2.19 bits per heavy atom. The normalized spacial score (nSPS) is 18.6. The Bertz CT molecular complexity index is 761. The molecule has 0 spiro atoms. The molecule has 0 aliphatic carbocycles. The Hall–Kier alpha value is -0.802. The van der Waals surface area contributed by atoms with Crippen LogP contribution in [0.4, 0.5) is 13.2 Å². The third kappa shape index (κ3) is 5.60. The van der Waals surface area contributed by atoms with Crippen LogP contribution in [0, 0.1) is 13.8 Å². The van der Waals surface area contributed by atoms with Gasteiger partial charge in [0.05, 0.1) is 7.11 Å². The molecule has 11 heteroatoms. The molecular weight excluding hydrogens is 438 g/mol. The van der Waals surface area contributed by atoms with Gasteiger partial charge in [-0.2, -0.15) is 21.6 Å². The van der Waals surface area contributed by atoms with Crippen LogP contribution in [0.2, 0.25) is 4.71 Å². The van der Waals surface area contributed by atoms with E-state index in [1.54, 1.807) is 0 Å². The van der Waals surface area contributed by atoms with Crippen LogP contribution < -0.4 is 9.67 Å². The standard InChI is InChI=1S/C13H20AsNO2.C2H3F3O3S/c1-10-4-3-5-13(11(10)2)14(16,17)12-6-8-15-9-7-12;1-8-9(6,7)2(3,4)5/h3-5,12,15H,6-9H2,1-2H3,(H,16,17);1H3. The fourth-order valence-corrected chi connectivity index (χ4v) is 7.56. The van der Waals surface area contributed by atoms with E-state index in [2.05, 4.69) is 9.50 Å². The summed E-state index contributed by atoms with van der Waals surface area (Å²) < 4.78 is 79.8. The van der Waals surface area contributed by atoms with Crippen molar-refractivity contribution in [3.8, 4) is 0 Å². The summed E-state index contributed by atoms with van der Waals surface area (Å²) in [7, 11) is -4.89. The van der Waals surface area contributed by atoms with Crippen molar-refractivity contribution in [2.45, 2.75) is 36.9 Å². The molecule has 0 saturated carbocycles. The molecule has 0 radical (unpaired) electrons. The second kappa shape index (κ2) is 8.93. The van der Waals surface area contributed by atoms with Crippen LogP contribution in [0.5, 0.6) is 0 Å². The fourth-order valence-electron chi connectivity index (χ4n) is 2.53. The Morgan fingerprint density at radius 2 is 1.77 bits per heavy atom. The van der Waals surface area contributed by atoms with Gasteiger partial charge in [-0.05, 0) is 0 Å². The first-order chi connectivity index (χ1) is 11.8. The average Bonchev–Trinajstić information content (AvgIpc) is 2.57. The molecule has 1 aliphatic rings. The Labute approximate surface area is 153 Å². The van der Waals surface area contributed by atoms with Gasteiger partial charge in [-0.1, -0.05) is 0 Å². The molecular formula is C15H23AsF3NO5S. The first-order valence-electron chi connectivity index (χ1n) is 7.81. The van der Waals surface area contributed by atoms with E-state index in [1.807, 2.05) is 32.0 Å². The number of benzene rings is 1. The molecule has 150 valence electrons. The summed E-state index contributed by atoms with van der Waals surface area (Å²) in [5, 5.41) is 3.24. The molecule has 6 nitrogen and oxygen atoms in total. The minimum atomic E-state index is -5.34. The number of rotatable bonds is 3. The van der Waals surface area contributed by atoms with Crippen LogP contribution in [-0.4, -0.2) is 52.1 Å². The van der Waals surface area contributed by atoms with Gasteiger partial charge in [0.2, 0.25) is 0 Å². The Balaban J connectivity index is 0.000000321. The van der Waals surface area contributed by atoms with E-state index in [9.17, 15) is 29.4 Å². The van der Waals surface area contributed by atoms with Gasteiger partial charge in [0.25, 0.3) is 0 Å². The minimum absolute atomic E-state index is 0.0186. The third-order valence-corrected chi connectivity index (χ3v) is 10.9. The summed E-state index contributed by atoms with van der Waals surface area (Å²) >= 11 is -3.92. The fraction of sp³-hybridized carbons (Fsp3) is 0.600. The van der Waals surface area contributed by atoms with E-state index in [0.29, 0.717) is 7.11 Å². The molecule has 1 aliphatic heterocycles. The zero-order valence-electron chi connectivity index (χ0n) is 14.7. The summed E-state index contributed by atoms with van der Waals surface area (Å²) in [4.78, 5) is 0. The van der Waals surface area contributed by atoms with Crippen LogP contribution in [0.3, 0.4) is 0 Å². The molecule has 1 heterocycles. The summed E-state index contributed by atoms with van der Waals surface area (Å²) in [6.07, 6.45) is 1.64. The Morgan fingerprint density at radius 1 is 1.23 bits per heavy atom. The van der Waals surface area contributed by atoms with E-state index >= 15 is 0 Å². The van der Waals surface area contributed by atoms with E-state index in [1.165, 1.54) is 0 Å². The predicted octanol–water partition coefficient (Wildman–Crippen LogP) is 1.61. The topological polar surface area (TPSA) is 92.7 Å². The number of hydrogen-bond donors (Lipinski definition) is 2. The second-order valence-electron chi connectivity index (χ2n) is 5.89. The van der Waals surface area contributed by atoms with Crippen molar-refractivity contribution < 1.29 is 33.6 Å². The molecule has 0 amide bonds. The number of aryl methyl sites for hydroxylation is 1. The maximum atomic E-state index is 12.7. The predicted molar refractivity (Wildman–Crippen MR) is 92.0 cm³/mol. The van der Waals surface area contributed by atoms with Crippen molar-refractivity contribution in [1.82, 2.24) is 5.32 Å². The van der Waals surface area contributed by atoms with Crippen LogP contribution in [0.1, 0.15) is 24.0 Å². The van der Waals surface area contributed by atoms with Crippen LogP contribution >= 0.6 is 0 Å². The van der Waals surface area contributed by atoms with Gasteiger partial charge in [0.1, 0.15) is 0 Å². The molecule has 0 bridgehead atoms.